The molecule has 1 saturated heterocycles. The van der Waals surface area contributed by atoms with Crippen LogP contribution in [0, 0.1) is 5.92 Å². The quantitative estimate of drug-likeness (QED) is 0.183. The molecule has 1 aromatic rings. The van der Waals surface area contributed by atoms with Gasteiger partial charge >= 0.3 is 12.7 Å². The molecule has 13 heteroatoms. The number of aliphatic hydroxyl groups excluding tert-OH is 2. The highest BCUT2D eigenvalue weighted by molar-refractivity contribution is 6.59. The molecule has 1 amide bonds. The molecule has 0 spiro atoms. The van der Waals surface area contributed by atoms with Gasteiger partial charge in [-0.3, -0.25) is 9.69 Å². The number of carboxylic acids is 1. The van der Waals surface area contributed by atoms with Crippen molar-refractivity contribution in [3.63, 3.8) is 0 Å². The molecule has 3 rings (SSSR count). The number of amides is 1. The molecule has 0 radical (unpaired) electrons. The fraction of sp³-hybridized carbons (Fsp3) is 0.579. The molecule has 8 N–H and O–H groups in total. The van der Waals surface area contributed by atoms with Crippen molar-refractivity contribution in [1.82, 2.24) is 10.2 Å². The van der Waals surface area contributed by atoms with Crippen molar-refractivity contribution in [3.05, 3.63) is 23.3 Å². The van der Waals surface area contributed by atoms with Crippen LogP contribution in [0.4, 0.5) is 0 Å². The van der Waals surface area contributed by atoms with Crippen molar-refractivity contribution in [2.45, 2.75) is 24.9 Å². The number of benzene rings is 1. The molecule has 0 aliphatic carbocycles. The second kappa shape index (κ2) is 10.0. The molecule has 0 saturated carbocycles. The highest BCUT2D eigenvalue weighted by Crippen LogP contribution is 2.38. The van der Waals surface area contributed by atoms with Crippen LogP contribution in [0.2, 0.25) is 6.32 Å². The van der Waals surface area contributed by atoms with E-state index in [2.05, 4.69) is 5.32 Å². The first-order chi connectivity index (χ1) is 15.1. The number of hydrogen-bond donors (Lipinski definition) is 7. The number of nitrogens with one attached hydrogen (secondary N) is 1. The van der Waals surface area contributed by atoms with Crippen LogP contribution >= 0.6 is 0 Å². The molecule has 2 aliphatic rings. The Kier molecular flexibility index (Phi) is 7.59. The van der Waals surface area contributed by atoms with Crippen LogP contribution < -0.4 is 20.4 Å². The van der Waals surface area contributed by atoms with E-state index in [4.69, 9.17) is 25.3 Å². The van der Waals surface area contributed by atoms with Gasteiger partial charge in [0.2, 0.25) is 5.91 Å². The third-order valence-corrected chi connectivity index (χ3v) is 5.60. The number of nitrogens with two attached hydrogens (primary N) is 1. The van der Waals surface area contributed by atoms with Gasteiger partial charge in [-0.25, -0.2) is 4.79 Å². The Morgan fingerprint density at radius 3 is 2.59 bits per heavy atom. The average Bonchev–Trinajstić information content (AvgIpc) is 2.71. The van der Waals surface area contributed by atoms with Crippen LogP contribution in [0.15, 0.2) is 12.1 Å². The van der Waals surface area contributed by atoms with Gasteiger partial charge in [-0.15, -0.1) is 0 Å². The van der Waals surface area contributed by atoms with Crippen molar-refractivity contribution in [1.29, 1.82) is 0 Å². The lowest BCUT2D eigenvalue weighted by Gasteiger charge is -2.41. The summed E-state index contributed by atoms with van der Waals surface area (Å²) in [5, 5.41) is 49.9. The van der Waals surface area contributed by atoms with Crippen molar-refractivity contribution in [2.75, 3.05) is 39.4 Å². The number of aliphatic hydroxyl groups is 2. The van der Waals surface area contributed by atoms with E-state index in [1.54, 1.807) is 6.07 Å². The predicted octanol–water partition coefficient (Wildman–Crippen LogP) is -2.65. The minimum absolute atomic E-state index is 0.0155. The Hall–Kier alpha value is -2.42. The number of carbonyl (C=O) groups is 2. The normalized spacial score (nSPS) is 18.9. The fourth-order valence-corrected chi connectivity index (χ4v) is 3.68. The summed E-state index contributed by atoms with van der Waals surface area (Å²) in [5.41, 5.74) is 6.21. The van der Waals surface area contributed by atoms with Crippen LogP contribution in [-0.4, -0.2) is 100 Å². The summed E-state index contributed by atoms with van der Waals surface area (Å²) in [6, 6.07) is 2.36. The molecule has 32 heavy (non-hydrogen) atoms. The van der Waals surface area contributed by atoms with Crippen LogP contribution in [0.5, 0.6) is 11.5 Å². The van der Waals surface area contributed by atoms with E-state index in [-0.39, 0.29) is 62.2 Å². The Morgan fingerprint density at radius 1 is 1.28 bits per heavy atom. The molecule has 1 aromatic carbocycles. The second-order valence-corrected chi connectivity index (χ2v) is 8.29. The molecular weight excluding hydrogens is 425 g/mol. The zero-order chi connectivity index (χ0) is 23.5. The predicted molar refractivity (Wildman–Crippen MR) is 112 cm³/mol. The Balaban J connectivity index is 1.54. The smallest absolute Gasteiger partial charge is 0.430 e. The largest absolute Gasteiger partial charge is 0.669 e. The van der Waals surface area contributed by atoms with E-state index in [1.165, 1.54) is 6.07 Å². The third-order valence-electron chi connectivity index (χ3n) is 5.60. The highest BCUT2D eigenvalue weighted by Gasteiger charge is 2.35. The van der Waals surface area contributed by atoms with Crippen molar-refractivity contribution >= 4 is 18.6 Å². The Morgan fingerprint density at radius 2 is 1.97 bits per heavy atom. The van der Waals surface area contributed by atoms with E-state index in [0.29, 0.717) is 18.7 Å². The summed E-state index contributed by atoms with van der Waals surface area (Å²) in [6.45, 7) is -2.40. The van der Waals surface area contributed by atoms with Gasteiger partial charge in [0.1, 0.15) is 17.4 Å². The van der Waals surface area contributed by atoms with Gasteiger partial charge in [-0.1, -0.05) is 12.4 Å². The maximum atomic E-state index is 12.1. The SMILES string of the molecule is NC(CN1CC(Oc2ccc3c(c2C(=O)O)O[B-](O)(O)CC3)C1)C(=O)NCC(CO)CO. The van der Waals surface area contributed by atoms with Gasteiger partial charge in [0.25, 0.3) is 0 Å². The number of aromatic carboxylic acids is 1. The lowest BCUT2D eigenvalue weighted by Crippen LogP contribution is -2.59. The second-order valence-electron chi connectivity index (χ2n) is 8.29. The molecule has 2 heterocycles. The Bertz CT molecular complexity index is 844. The van der Waals surface area contributed by atoms with Gasteiger partial charge in [-0.05, 0) is 18.1 Å². The van der Waals surface area contributed by atoms with E-state index in [1.807, 2.05) is 4.90 Å². The van der Waals surface area contributed by atoms with Gasteiger partial charge in [-0.2, -0.15) is 0 Å². The molecule has 2 aliphatic heterocycles. The van der Waals surface area contributed by atoms with E-state index < -0.39 is 30.6 Å². The van der Waals surface area contributed by atoms with E-state index in [0.717, 1.165) is 0 Å². The van der Waals surface area contributed by atoms with Crippen LogP contribution in [0.25, 0.3) is 0 Å². The molecule has 1 fully saturated rings. The first-order valence-electron chi connectivity index (χ1n) is 10.5. The van der Waals surface area contributed by atoms with Crippen LogP contribution in [-0.2, 0) is 11.2 Å². The molecule has 178 valence electrons. The number of hydrogen-bond acceptors (Lipinski definition) is 10. The zero-order valence-corrected chi connectivity index (χ0v) is 17.5. The summed E-state index contributed by atoms with van der Waals surface area (Å²) in [5.74, 6) is -2.18. The molecule has 1 atom stereocenters. The maximum Gasteiger partial charge on any atom is 0.430 e. The molecular formula is C19H29BN3O9-. The van der Waals surface area contributed by atoms with Gasteiger partial charge in [0.15, 0.2) is 0 Å². The summed E-state index contributed by atoms with van der Waals surface area (Å²) in [6.07, 6.45) is -0.0767. The van der Waals surface area contributed by atoms with Gasteiger partial charge in [0, 0.05) is 45.3 Å². The highest BCUT2D eigenvalue weighted by atomic mass is 16.6. The number of carboxylic acid groups (broad SMARTS) is 1. The monoisotopic (exact) mass is 454 g/mol. The Labute approximate surface area is 184 Å². The topological polar surface area (TPSA) is 195 Å². The number of rotatable bonds is 10. The van der Waals surface area contributed by atoms with E-state index >= 15 is 0 Å². The number of carbonyl (C=O) groups excluding carboxylic acids is 1. The number of fused-ring (bicyclic) bond motifs is 1. The first-order valence-corrected chi connectivity index (χ1v) is 10.5. The number of likely N-dealkylation sites (tertiary alicyclic amines) is 1. The molecule has 0 aromatic heterocycles. The molecule has 1 unspecified atom stereocenters. The summed E-state index contributed by atoms with van der Waals surface area (Å²) in [4.78, 5) is 25.7. The number of nitrogens with zero attached hydrogens (tertiary/aromatic N) is 1. The van der Waals surface area contributed by atoms with Crippen LogP contribution in [0.3, 0.4) is 0 Å². The molecule has 0 bridgehead atoms. The lowest BCUT2D eigenvalue weighted by molar-refractivity contribution is -0.123. The average molecular weight is 454 g/mol. The van der Waals surface area contributed by atoms with Crippen molar-refractivity contribution in [3.8, 4) is 11.5 Å². The van der Waals surface area contributed by atoms with E-state index in [9.17, 15) is 24.7 Å². The zero-order valence-electron chi connectivity index (χ0n) is 17.5. The van der Waals surface area contributed by atoms with Gasteiger partial charge in [0.05, 0.1) is 11.8 Å². The third kappa shape index (κ3) is 5.68. The van der Waals surface area contributed by atoms with Crippen molar-refractivity contribution in [2.24, 2.45) is 11.7 Å². The summed E-state index contributed by atoms with van der Waals surface area (Å²) in [7, 11) is 0. The van der Waals surface area contributed by atoms with Gasteiger partial charge < -0.3 is 45.8 Å². The molecule has 12 nitrogen and oxygen atoms in total. The lowest BCUT2D eigenvalue weighted by atomic mass is 9.70. The maximum absolute atomic E-state index is 12.1. The number of aryl methyl sites for hydroxylation is 1. The van der Waals surface area contributed by atoms with Crippen molar-refractivity contribution < 1.29 is 44.3 Å². The number of ether oxygens (including phenoxy) is 1. The standard InChI is InChI=1S/C19H29BN3O9/c21-14(18(26)22-5-11(9-24)10-25)8-23-6-13(7-23)31-15-2-1-12-3-4-20(29,30)32-17(12)16(15)19(27)28/h1-2,11,13-14,24-25,29-30H,3-10,21H2,(H,22,26)(H,27,28)/q-1. The summed E-state index contributed by atoms with van der Waals surface area (Å²) >= 11 is 0. The fourth-order valence-electron chi connectivity index (χ4n) is 3.68. The summed E-state index contributed by atoms with van der Waals surface area (Å²) < 4.78 is 11.0. The minimum atomic E-state index is -3.11. The first kappa shape index (κ1) is 24.2. The van der Waals surface area contributed by atoms with Crippen LogP contribution in [0.1, 0.15) is 15.9 Å². The minimum Gasteiger partial charge on any atom is -0.669 e.